The quantitative estimate of drug-likeness (QED) is 0.911. The molecule has 1 aromatic carbocycles. The van der Waals surface area contributed by atoms with Crippen molar-refractivity contribution >= 4 is 11.0 Å². The Balaban J connectivity index is 1.86. The molecule has 2 aromatic rings. The van der Waals surface area contributed by atoms with Gasteiger partial charge < -0.3 is 14.6 Å². The Hall–Kier alpha value is -1.39. The van der Waals surface area contributed by atoms with Crippen LogP contribution in [0.4, 0.5) is 0 Å². The number of aromatic nitrogens is 2. The molecule has 1 atom stereocenters. The SMILES string of the molecule is CCc1nc2ccc(CC3COCCN3)cc2n1C. The van der Waals surface area contributed by atoms with Gasteiger partial charge in [0, 0.05) is 26.1 Å². The Kier molecular flexibility index (Phi) is 3.53. The molecule has 0 amide bonds. The fraction of sp³-hybridized carbons (Fsp3) is 0.533. The number of rotatable bonds is 3. The highest BCUT2D eigenvalue weighted by Gasteiger charge is 2.14. The van der Waals surface area contributed by atoms with Crippen LogP contribution < -0.4 is 5.32 Å². The van der Waals surface area contributed by atoms with E-state index in [-0.39, 0.29) is 0 Å². The van der Waals surface area contributed by atoms with Gasteiger partial charge >= 0.3 is 0 Å². The van der Waals surface area contributed by atoms with Gasteiger partial charge in [0.05, 0.1) is 24.2 Å². The third-order valence-electron chi connectivity index (χ3n) is 3.83. The number of ether oxygens (including phenoxy) is 1. The lowest BCUT2D eigenvalue weighted by Gasteiger charge is -2.23. The summed E-state index contributed by atoms with van der Waals surface area (Å²) in [6.45, 7) is 4.74. The van der Waals surface area contributed by atoms with E-state index in [0.29, 0.717) is 6.04 Å². The third-order valence-corrected chi connectivity index (χ3v) is 3.83. The van der Waals surface area contributed by atoms with E-state index in [0.717, 1.165) is 43.9 Å². The van der Waals surface area contributed by atoms with Gasteiger partial charge in [-0.25, -0.2) is 4.98 Å². The maximum absolute atomic E-state index is 5.51. The summed E-state index contributed by atoms with van der Waals surface area (Å²) in [5, 5.41) is 3.50. The molecule has 0 bridgehead atoms. The van der Waals surface area contributed by atoms with Crippen LogP contribution in [0.3, 0.4) is 0 Å². The van der Waals surface area contributed by atoms with Gasteiger partial charge in [0.25, 0.3) is 0 Å². The highest BCUT2D eigenvalue weighted by molar-refractivity contribution is 5.76. The zero-order valence-corrected chi connectivity index (χ0v) is 11.6. The van der Waals surface area contributed by atoms with Gasteiger partial charge in [0.15, 0.2) is 0 Å². The maximum atomic E-state index is 5.51. The molecule has 2 heterocycles. The van der Waals surface area contributed by atoms with Crippen LogP contribution in [0, 0.1) is 0 Å². The number of nitrogens with zero attached hydrogens (tertiary/aromatic N) is 2. The molecule has 102 valence electrons. The maximum Gasteiger partial charge on any atom is 0.109 e. The molecular formula is C15H21N3O. The van der Waals surface area contributed by atoms with E-state index in [2.05, 4.69) is 47.0 Å². The molecular weight excluding hydrogens is 238 g/mol. The van der Waals surface area contributed by atoms with Crippen molar-refractivity contribution in [2.45, 2.75) is 25.8 Å². The average molecular weight is 259 g/mol. The molecule has 4 heteroatoms. The van der Waals surface area contributed by atoms with Crippen molar-refractivity contribution in [2.24, 2.45) is 7.05 Å². The van der Waals surface area contributed by atoms with E-state index in [1.165, 1.54) is 11.1 Å². The second kappa shape index (κ2) is 5.31. The average Bonchev–Trinajstić information content (AvgIpc) is 2.77. The van der Waals surface area contributed by atoms with Crippen molar-refractivity contribution in [3.63, 3.8) is 0 Å². The zero-order chi connectivity index (χ0) is 13.2. The summed E-state index contributed by atoms with van der Waals surface area (Å²) in [7, 11) is 2.10. The first kappa shape index (κ1) is 12.6. The minimum Gasteiger partial charge on any atom is -0.379 e. The second-order valence-corrected chi connectivity index (χ2v) is 5.19. The first-order valence-corrected chi connectivity index (χ1v) is 7.03. The van der Waals surface area contributed by atoms with Crippen LogP contribution in [-0.2, 0) is 24.6 Å². The van der Waals surface area contributed by atoms with Gasteiger partial charge in [-0.3, -0.25) is 0 Å². The van der Waals surface area contributed by atoms with Crippen molar-refractivity contribution in [3.05, 3.63) is 29.6 Å². The molecule has 1 aliphatic rings. The van der Waals surface area contributed by atoms with E-state index in [4.69, 9.17) is 4.74 Å². The van der Waals surface area contributed by atoms with Crippen LogP contribution in [0.15, 0.2) is 18.2 Å². The lowest BCUT2D eigenvalue weighted by atomic mass is 10.1. The first-order valence-electron chi connectivity index (χ1n) is 7.03. The van der Waals surface area contributed by atoms with Crippen molar-refractivity contribution in [3.8, 4) is 0 Å². The summed E-state index contributed by atoms with van der Waals surface area (Å²) < 4.78 is 7.71. The topological polar surface area (TPSA) is 39.1 Å². The minimum atomic E-state index is 0.435. The summed E-state index contributed by atoms with van der Waals surface area (Å²) in [5.74, 6) is 1.14. The van der Waals surface area contributed by atoms with Crippen LogP contribution >= 0.6 is 0 Å². The Bertz CT molecular complexity index is 570. The molecule has 0 spiro atoms. The molecule has 4 nitrogen and oxygen atoms in total. The van der Waals surface area contributed by atoms with Gasteiger partial charge in [-0.2, -0.15) is 0 Å². The lowest BCUT2D eigenvalue weighted by molar-refractivity contribution is 0.0770. The number of fused-ring (bicyclic) bond motifs is 1. The Morgan fingerprint density at radius 1 is 1.47 bits per heavy atom. The summed E-state index contributed by atoms with van der Waals surface area (Å²) in [4.78, 5) is 4.64. The molecule has 0 aliphatic carbocycles. The second-order valence-electron chi connectivity index (χ2n) is 5.19. The highest BCUT2D eigenvalue weighted by atomic mass is 16.5. The van der Waals surface area contributed by atoms with Crippen LogP contribution in [0.1, 0.15) is 18.3 Å². The number of imidazole rings is 1. The molecule has 1 aromatic heterocycles. The van der Waals surface area contributed by atoms with E-state index in [9.17, 15) is 0 Å². The summed E-state index contributed by atoms with van der Waals surface area (Å²) >= 11 is 0. The molecule has 0 radical (unpaired) electrons. The summed E-state index contributed by atoms with van der Waals surface area (Å²) in [6.07, 6.45) is 1.99. The van der Waals surface area contributed by atoms with E-state index in [1.807, 2.05) is 0 Å². The predicted octanol–water partition coefficient (Wildman–Crippen LogP) is 1.67. The zero-order valence-electron chi connectivity index (χ0n) is 11.6. The van der Waals surface area contributed by atoms with Gasteiger partial charge in [0.2, 0.25) is 0 Å². The predicted molar refractivity (Wildman–Crippen MR) is 76.4 cm³/mol. The first-order chi connectivity index (χ1) is 9.28. The number of aryl methyl sites for hydroxylation is 2. The standard InChI is InChI=1S/C15H21N3O/c1-3-15-17-13-5-4-11(9-14(13)18(15)2)8-12-10-19-7-6-16-12/h4-5,9,12,16H,3,6-8,10H2,1-2H3. The van der Waals surface area contributed by atoms with Crippen LogP contribution in [0.25, 0.3) is 11.0 Å². The minimum absolute atomic E-state index is 0.435. The van der Waals surface area contributed by atoms with Gasteiger partial charge in [0.1, 0.15) is 5.82 Å². The largest absolute Gasteiger partial charge is 0.379 e. The number of hydrogen-bond acceptors (Lipinski definition) is 3. The molecule has 1 fully saturated rings. The van der Waals surface area contributed by atoms with Gasteiger partial charge in [-0.05, 0) is 24.1 Å². The third kappa shape index (κ3) is 2.51. The van der Waals surface area contributed by atoms with E-state index in [1.54, 1.807) is 0 Å². The van der Waals surface area contributed by atoms with Crippen LogP contribution in [0.2, 0.25) is 0 Å². The fourth-order valence-electron chi connectivity index (χ4n) is 2.76. The molecule has 19 heavy (non-hydrogen) atoms. The number of morpholine rings is 1. The Labute approximate surface area is 113 Å². The lowest BCUT2D eigenvalue weighted by Crippen LogP contribution is -2.42. The molecule has 1 saturated heterocycles. The van der Waals surface area contributed by atoms with Crippen molar-refractivity contribution in [1.29, 1.82) is 0 Å². The smallest absolute Gasteiger partial charge is 0.109 e. The van der Waals surface area contributed by atoms with Crippen molar-refractivity contribution < 1.29 is 4.74 Å². The van der Waals surface area contributed by atoms with E-state index >= 15 is 0 Å². The Morgan fingerprint density at radius 2 is 2.37 bits per heavy atom. The number of nitrogens with one attached hydrogen (secondary N) is 1. The molecule has 0 saturated carbocycles. The highest BCUT2D eigenvalue weighted by Crippen LogP contribution is 2.18. The normalized spacial score (nSPS) is 20.0. The van der Waals surface area contributed by atoms with E-state index < -0.39 is 0 Å². The molecule has 1 aliphatic heterocycles. The number of benzene rings is 1. The van der Waals surface area contributed by atoms with Gasteiger partial charge in [-0.1, -0.05) is 13.0 Å². The number of hydrogen-bond donors (Lipinski definition) is 1. The van der Waals surface area contributed by atoms with Crippen molar-refractivity contribution in [1.82, 2.24) is 14.9 Å². The molecule has 3 rings (SSSR count). The summed E-state index contributed by atoms with van der Waals surface area (Å²) in [6, 6.07) is 7.01. The van der Waals surface area contributed by atoms with Crippen molar-refractivity contribution in [2.75, 3.05) is 19.8 Å². The van der Waals surface area contributed by atoms with Crippen LogP contribution in [0.5, 0.6) is 0 Å². The molecule has 1 N–H and O–H groups in total. The van der Waals surface area contributed by atoms with Crippen LogP contribution in [-0.4, -0.2) is 35.4 Å². The van der Waals surface area contributed by atoms with Gasteiger partial charge in [-0.15, -0.1) is 0 Å². The molecule has 1 unspecified atom stereocenters. The Morgan fingerprint density at radius 3 is 3.11 bits per heavy atom. The fourth-order valence-corrected chi connectivity index (χ4v) is 2.76. The monoisotopic (exact) mass is 259 g/mol. The summed E-state index contributed by atoms with van der Waals surface area (Å²) in [5.41, 5.74) is 3.67.